The third-order valence-corrected chi connectivity index (χ3v) is 3.90. The van der Waals surface area contributed by atoms with Crippen molar-refractivity contribution < 1.29 is 0 Å². The van der Waals surface area contributed by atoms with Gasteiger partial charge in [-0.15, -0.1) is 0 Å². The predicted octanol–water partition coefficient (Wildman–Crippen LogP) is 4.24. The first kappa shape index (κ1) is 11.1. The van der Waals surface area contributed by atoms with Gasteiger partial charge < -0.3 is 0 Å². The number of halogens is 1. The van der Waals surface area contributed by atoms with Crippen molar-refractivity contribution in [2.45, 2.75) is 46.1 Å². The Morgan fingerprint density at radius 2 is 2.27 bits per heavy atom. The molecule has 1 aliphatic heterocycles. The van der Waals surface area contributed by atoms with Crippen LogP contribution in [0.5, 0.6) is 0 Å². The van der Waals surface area contributed by atoms with Crippen molar-refractivity contribution in [3.05, 3.63) is 22.2 Å². The molecule has 1 nitrogen and oxygen atoms in total. The highest BCUT2D eigenvalue weighted by Gasteiger charge is 2.35. The van der Waals surface area contributed by atoms with Gasteiger partial charge in [-0.05, 0) is 37.7 Å². The molecule has 0 aromatic rings. The summed E-state index contributed by atoms with van der Waals surface area (Å²) < 4.78 is 1.23. The van der Waals surface area contributed by atoms with Gasteiger partial charge >= 0.3 is 0 Å². The summed E-state index contributed by atoms with van der Waals surface area (Å²) in [6, 6.07) is 0.482. The van der Waals surface area contributed by atoms with Gasteiger partial charge in [0.05, 0.1) is 6.04 Å². The van der Waals surface area contributed by atoms with Crippen molar-refractivity contribution in [3.63, 3.8) is 0 Å². The van der Waals surface area contributed by atoms with Crippen molar-refractivity contribution in [3.8, 4) is 0 Å². The highest BCUT2D eigenvalue weighted by Crippen LogP contribution is 2.39. The van der Waals surface area contributed by atoms with Gasteiger partial charge in [0.1, 0.15) is 0 Å². The van der Waals surface area contributed by atoms with E-state index < -0.39 is 0 Å². The molecule has 0 saturated carbocycles. The molecule has 2 rings (SSSR count). The number of hydrogen-bond donors (Lipinski definition) is 0. The summed E-state index contributed by atoms with van der Waals surface area (Å²) >= 11 is 3.52. The van der Waals surface area contributed by atoms with E-state index in [1.54, 1.807) is 0 Å². The summed E-state index contributed by atoms with van der Waals surface area (Å²) in [6.07, 6.45) is 7.85. The number of nitrogens with zero attached hydrogens (tertiary/aromatic N) is 1. The average molecular weight is 268 g/mol. The van der Waals surface area contributed by atoms with Crippen LogP contribution in [0, 0.1) is 5.41 Å². The van der Waals surface area contributed by atoms with Crippen LogP contribution in [0.25, 0.3) is 0 Å². The molecule has 0 aromatic carbocycles. The molecule has 0 aromatic heterocycles. The highest BCUT2D eigenvalue weighted by atomic mass is 79.9. The topological polar surface area (TPSA) is 12.4 Å². The Morgan fingerprint density at radius 3 is 2.73 bits per heavy atom. The van der Waals surface area contributed by atoms with Crippen LogP contribution in [0.4, 0.5) is 0 Å². The minimum atomic E-state index is 0.347. The van der Waals surface area contributed by atoms with Gasteiger partial charge in [0.25, 0.3) is 0 Å². The lowest BCUT2D eigenvalue weighted by Gasteiger charge is -2.25. The Morgan fingerprint density at radius 1 is 1.53 bits per heavy atom. The van der Waals surface area contributed by atoms with Crippen molar-refractivity contribution in [1.29, 1.82) is 0 Å². The Kier molecular flexibility index (Phi) is 2.89. The minimum Gasteiger partial charge on any atom is -0.290 e. The zero-order valence-electron chi connectivity index (χ0n) is 9.68. The van der Waals surface area contributed by atoms with Gasteiger partial charge in [-0.3, -0.25) is 4.99 Å². The maximum atomic E-state index is 4.77. The highest BCUT2D eigenvalue weighted by molar-refractivity contribution is 9.11. The Labute approximate surface area is 100 Å². The number of hydrogen-bond acceptors (Lipinski definition) is 1. The van der Waals surface area contributed by atoms with Crippen molar-refractivity contribution in [1.82, 2.24) is 0 Å². The van der Waals surface area contributed by atoms with E-state index in [-0.39, 0.29) is 0 Å². The fraction of sp³-hybridized carbons (Fsp3) is 0.615. The standard InChI is InChI=1S/C13H18BrN/c1-9-8-13(2,3)12(15-9)7-10-4-5-11(14)6-10/h5-6,12H,4,7-8H2,1-3H3. The van der Waals surface area contributed by atoms with E-state index in [0.29, 0.717) is 11.5 Å². The molecule has 2 aliphatic rings. The summed E-state index contributed by atoms with van der Waals surface area (Å²) in [6.45, 7) is 6.81. The second-order valence-electron chi connectivity index (χ2n) is 5.35. The smallest absolute Gasteiger partial charge is 0.0590 e. The molecule has 2 heteroatoms. The maximum absolute atomic E-state index is 4.77. The molecule has 0 fully saturated rings. The molecule has 1 heterocycles. The Hall–Kier alpha value is -0.370. The molecule has 0 bridgehead atoms. The molecule has 0 radical (unpaired) electrons. The molecule has 82 valence electrons. The number of aliphatic imine (C=N–C) groups is 1. The molecule has 1 atom stereocenters. The van der Waals surface area contributed by atoms with Crippen LogP contribution in [0.15, 0.2) is 27.2 Å². The Bertz CT molecular complexity index is 361. The fourth-order valence-corrected chi connectivity index (χ4v) is 3.00. The SMILES string of the molecule is CC1=NC(CC2=CC(Br)=CC2)C(C)(C)C1. The van der Waals surface area contributed by atoms with Gasteiger partial charge in [0, 0.05) is 10.2 Å². The van der Waals surface area contributed by atoms with Gasteiger partial charge in [-0.1, -0.05) is 41.4 Å². The number of allylic oxidation sites excluding steroid dienone is 3. The first-order valence-electron chi connectivity index (χ1n) is 5.56. The summed E-state index contributed by atoms with van der Waals surface area (Å²) in [4.78, 5) is 4.77. The Balaban J connectivity index is 2.04. The zero-order valence-corrected chi connectivity index (χ0v) is 11.3. The fourth-order valence-electron chi connectivity index (χ4n) is 2.52. The van der Waals surface area contributed by atoms with Crippen LogP contribution in [0.2, 0.25) is 0 Å². The third-order valence-electron chi connectivity index (χ3n) is 3.35. The van der Waals surface area contributed by atoms with Crippen molar-refractivity contribution in [2.75, 3.05) is 0 Å². The van der Waals surface area contributed by atoms with E-state index in [1.165, 1.54) is 15.8 Å². The van der Waals surface area contributed by atoms with E-state index in [0.717, 1.165) is 19.3 Å². The lowest BCUT2D eigenvalue weighted by Crippen LogP contribution is -2.23. The van der Waals surface area contributed by atoms with Gasteiger partial charge in [0.15, 0.2) is 0 Å². The molecule has 0 amide bonds. The van der Waals surface area contributed by atoms with Gasteiger partial charge in [-0.25, -0.2) is 0 Å². The van der Waals surface area contributed by atoms with Gasteiger partial charge in [-0.2, -0.15) is 0 Å². The van der Waals surface area contributed by atoms with Crippen LogP contribution in [-0.4, -0.2) is 11.8 Å². The summed E-state index contributed by atoms with van der Waals surface area (Å²) in [5.74, 6) is 0. The molecule has 0 saturated heterocycles. The molecule has 0 N–H and O–H groups in total. The van der Waals surface area contributed by atoms with Crippen LogP contribution in [-0.2, 0) is 0 Å². The van der Waals surface area contributed by atoms with Crippen LogP contribution in [0.1, 0.15) is 40.0 Å². The molecule has 1 aliphatic carbocycles. The molecule has 15 heavy (non-hydrogen) atoms. The average Bonchev–Trinajstić information content (AvgIpc) is 2.58. The molecule has 1 unspecified atom stereocenters. The van der Waals surface area contributed by atoms with E-state index in [9.17, 15) is 0 Å². The van der Waals surface area contributed by atoms with Crippen molar-refractivity contribution in [2.24, 2.45) is 10.4 Å². The predicted molar refractivity (Wildman–Crippen MR) is 69.6 cm³/mol. The number of rotatable bonds is 2. The summed E-state index contributed by atoms with van der Waals surface area (Å²) in [5.41, 5.74) is 3.18. The summed E-state index contributed by atoms with van der Waals surface area (Å²) in [7, 11) is 0. The lowest BCUT2D eigenvalue weighted by atomic mass is 9.80. The molecular weight excluding hydrogens is 250 g/mol. The second kappa shape index (κ2) is 3.89. The maximum Gasteiger partial charge on any atom is 0.0590 e. The zero-order chi connectivity index (χ0) is 11.1. The second-order valence-corrected chi connectivity index (χ2v) is 6.26. The van der Waals surface area contributed by atoms with E-state index in [2.05, 4.69) is 48.9 Å². The monoisotopic (exact) mass is 267 g/mol. The quantitative estimate of drug-likeness (QED) is 0.710. The van der Waals surface area contributed by atoms with Crippen LogP contribution < -0.4 is 0 Å². The summed E-state index contributed by atoms with van der Waals surface area (Å²) in [5, 5.41) is 0. The van der Waals surface area contributed by atoms with Crippen LogP contribution >= 0.6 is 15.9 Å². The molecular formula is C13H18BrN. The lowest BCUT2D eigenvalue weighted by molar-refractivity contribution is 0.321. The minimum absolute atomic E-state index is 0.347. The molecule has 0 spiro atoms. The largest absolute Gasteiger partial charge is 0.290 e. The first-order chi connectivity index (χ1) is 6.97. The van der Waals surface area contributed by atoms with Gasteiger partial charge in [0.2, 0.25) is 0 Å². The third kappa shape index (κ3) is 2.41. The van der Waals surface area contributed by atoms with E-state index in [1.807, 2.05) is 0 Å². The van der Waals surface area contributed by atoms with Crippen molar-refractivity contribution >= 4 is 21.6 Å². The van der Waals surface area contributed by atoms with Crippen LogP contribution in [0.3, 0.4) is 0 Å². The van der Waals surface area contributed by atoms with E-state index in [4.69, 9.17) is 4.99 Å². The first-order valence-corrected chi connectivity index (χ1v) is 6.35. The van der Waals surface area contributed by atoms with E-state index >= 15 is 0 Å². The normalized spacial score (nSPS) is 28.8.